The normalized spacial score (nSPS) is 12.1. The Morgan fingerprint density at radius 1 is 0.345 bits per heavy atom. The van der Waals surface area contributed by atoms with E-state index in [1.807, 2.05) is 0 Å². The van der Waals surface area contributed by atoms with E-state index in [2.05, 4.69) is 45.1 Å². The average Bonchev–Trinajstić information content (AvgIpc) is 3.22. The second-order valence-electron chi connectivity index (χ2n) is 17.1. The highest BCUT2D eigenvalue weighted by Gasteiger charge is 2.19. The number of carbonyl (C=O) groups excluding carboxylic acids is 3. The van der Waals surface area contributed by atoms with Crippen molar-refractivity contribution in [3.8, 4) is 0 Å². The van der Waals surface area contributed by atoms with Crippen LogP contribution in [0.1, 0.15) is 271 Å². The van der Waals surface area contributed by atoms with E-state index in [-0.39, 0.29) is 31.1 Å². The van der Waals surface area contributed by atoms with Crippen LogP contribution in [0.2, 0.25) is 0 Å². The van der Waals surface area contributed by atoms with E-state index in [0.29, 0.717) is 19.3 Å². The number of hydrogen-bond donors (Lipinski definition) is 0. The third kappa shape index (κ3) is 45.0. The maximum atomic E-state index is 12.7. The van der Waals surface area contributed by atoms with Crippen molar-refractivity contribution in [1.29, 1.82) is 0 Å². The molecule has 0 N–H and O–H groups in total. The molecule has 0 fully saturated rings. The first-order valence-electron chi connectivity index (χ1n) is 25.3. The maximum Gasteiger partial charge on any atom is 0.306 e. The van der Waals surface area contributed by atoms with Gasteiger partial charge in [0.1, 0.15) is 13.2 Å². The van der Waals surface area contributed by atoms with Crippen molar-refractivity contribution in [2.45, 2.75) is 277 Å². The molecule has 0 amide bonds. The van der Waals surface area contributed by atoms with Crippen LogP contribution in [-0.2, 0) is 28.6 Å². The van der Waals surface area contributed by atoms with Crippen molar-refractivity contribution in [2.24, 2.45) is 0 Å². The number of allylic oxidation sites excluding steroid dienone is 4. The molecule has 6 nitrogen and oxygen atoms in total. The van der Waals surface area contributed by atoms with Crippen LogP contribution in [0.15, 0.2) is 24.3 Å². The summed E-state index contributed by atoms with van der Waals surface area (Å²) in [6.07, 6.45) is 53.4. The molecule has 0 heterocycles. The molecule has 0 aromatic rings. The lowest BCUT2D eigenvalue weighted by Crippen LogP contribution is -2.30. The fraction of sp³-hybridized carbons (Fsp3) is 0.865. The van der Waals surface area contributed by atoms with Gasteiger partial charge in [0, 0.05) is 19.3 Å². The van der Waals surface area contributed by atoms with Gasteiger partial charge >= 0.3 is 17.9 Å². The Hall–Kier alpha value is -2.11. The molecule has 0 aliphatic carbocycles. The number of hydrogen-bond acceptors (Lipinski definition) is 6. The molecule has 6 heteroatoms. The van der Waals surface area contributed by atoms with Crippen molar-refractivity contribution < 1.29 is 28.6 Å². The summed E-state index contributed by atoms with van der Waals surface area (Å²) < 4.78 is 16.7. The van der Waals surface area contributed by atoms with Gasteiger partial charge in [0.25, 0.3) is 0 Å². The first-order chi connectivity index (χ1) is 28.5. The standard InChI is InChI=1S/C52H96O6/c1-4-7-10-13-15-17-19-21-23-25-27-28-30-32-34-36-39-42-45-51(54)57-48-49(47-56-50(53)44-41-38-12-9-6-3)58-52(55)46-43-40-37-35-33-31-29-26-24-22-20-18-16-14-11-8-5-2/h16,18,22,24,49H,4-15,17,19-21,23,25-48H2,1-3H3/b18-16-,24-22-. The van der Waals surface area contributed by atoms with Crippen molar-refractivity contribution in [3.05, 3.63) is 24.3 Å². The van der Waals surface area contributed by atoms with E-state index in [1.165, 1.54) is 154 Å². The molecule has 0 saturated heterocycles. The Morgan fingerprint density at radius 3 is 0.983 bits per heavy atom. The minimum Gasteiger partial charge on any atom is -0.462 e. The second kappa shape index (κ2) is 47.6. The highest BCUT2D eigenvalue weighted by molar-refractivity contribution is 5.71. The summed E-state index contributed by atoms with van der Waals surface area (Å²) in [7, 11) is 0. The molecule has 0 aliphatic heterocycles. The SMILES string of the molecule is CCCCC/C=C\C/C=C\CCCCCCCCCC(=O)OC(COC(=O)CCCCCCC)COC(=O)CCCCCCCCCCCCCCCCCCCC. The van der Waals surface area contributed by atoms with Gasteiger partial charge in [-0.25, -0.2) is 0 Å². The Kier molecular flexibility index (Phi) is 45.8. The third-order valence-electron chi connectivity index (χ3n) is 11.2. The molecule has 1 unspecified atom stereocenters. The summed E-state index contributed by atoms with van der Waals surface area (Å²) in [5.74, 6) is -0.882. The highest BCUT2D eigenvalue weighted by atomic mass is 16.6. The van der Waals surface area contributed by atoms with Gasteiger partial charge in [-0.3, -0.25) is 14.4 Å². The number of esters is 3. The lowest BCUT2D eigenvalue weighted by Gasteiger charge is -2.18. The number of unbranched alkanes of at least 4 members (excludes halogenated alkanes) is 31. The van der Waals surface area contributed by atoms with Gasteiger partial charge in [0.15, 0.2) is 6.10 Å². The highest BCUT2D eigenvalue weighted by Crippen LogP contribution is 2.16. The molecule has 1 atom stereocenters. The first kappa shape index (κ1) is 55.9. The molecule has 0 rings (SSSR count). The predicted molar refractivity (Wildman–Crippen MR) is 247 cm³/mol. The molecule has 0 aromatic carbocycles. The van der Waals surface area contributed by atoms with Crippen LogP contribution in [0.3, 0.4) is 0 Å². The summed E-state index contributed by atoms with van der Waals surface area (Å²) in [4.78, 5) is 37.6. The van der Waals surface area contributed by atoms with Crippen LogP contribution in [-0.4, -0.2) is 37.2 Å². The van der Waals surface area contributed by atoms with E-state index in [0.717, 1.165) is 77.0 Å². The Morgan fingerprint density at radius 2 is 0.621 bits per heavy atom. The van der Waals surface area contributed by atoms with Gasteiger partial charge in [-0.1, -0.05) is 225 Å². The minimum atomic E-state index is -0.767. The van der Waals surface area contributed by atoms with E-state index in [4.69, 9.17) is 14.2 Å². The summed E-state index contributed by atoms with van der Waals surface area (Å²) in [5.41, 5.74) is 0. The average molecular weight is 817 g/mol. The summed E-state index contributed by atoms with van der Waals surface area (Å²) in [6, 6.07) is 0. The molecule has 0 bridgehead atoms. The number of ether oxygens (including phenoxy) is 3. The van der Waals surface area contributed by atoms with Crippen LogP contribution < -0.4 is 0 Å². The van der Waals surface area contributed by atoms with Crippen LogP contribution in [0.4, 0.5) is 0 Å². The molecule has 58 heavy (non-hydrogen) atoms. The third-order valence-corrected chi connectivity index (χ3v) is 11.2. The topological polar surface area (TPSA) is 78.9 Å². The van der Waals surface area contributed by atoms with Crippen LogP contribution in [0.25, 0.3) is 0 Å². The lowest BCUT2D eigenvalue weighted by molar-refractivity contribution is -0.167. The van der Waals surface area contributed by atoms with Crippen molar-refractivity contribution in [3.63, 3.8) is 0 Å². The van der Waals surface area contributed by atoms with Gasteiger partial charge in [0.2, 0.25) is 0 Å². The number of carbonyl (C=O) groups is 3. The van der Waals surface area contributed by atoms with Gasteiger partial charge in [0.05, 0.1) is 0 Å². The smallest absolute Gasteiger partial charge is 0.306 e. The Labute approximate surface area is 360 Å². The minimum absolute atomic E-state index is 0.0711. The van der Waals surface area contributed by atoms with E-state index < -0.39 is 6.10 Å². The van der Waals surface area contributed by atoms with Gasteiger partial charge in [-0.2, -0.15) is 0 Å². The molecule has 0 spiro atoms. The fourth-order valence-corrected chi connectivity index (χ4v) is 7.36. The van der Waals surface area contributed by atoms with Crippen LogP contribution in [0, 0.1) is 0 Å². The molecular formula is C52H96O6. The maximum absolute atomic E-state index is 12.7. The van der Waals surface area contributed by atoms with E-state index >= 15 is 0 Å². The Balaban J connectivity index is 4.14. The van der Waals surface area contributed by atoms with Gasteiger partial charge in [-0.05, 0) is 51.4 Å². The summed E-state index contributed by atoms with van der Waals surface area (Å²) in [6.45, 7) is 6.55. The zero-order valence-corrected chi connectivity index (χ0v) is 38.8. The zero-order chi connectivity index (χ0) is 42.3. The van der Waals surface area contributed by atoms with E-state index in [1.54, 1.807) is 0 Å². The van der Waals surface area contributed by atoms with Gasteiger partial charge < -0.3 is 14.2 Å². The molecule has 0 aliphatic rings. The molecule has 340 valence electrons. The van der Waals surface area contributed by atoms with Crippen LogP contribution >= 0.6 is 0 Å². The lowest BCUT2D eigenvalue weighted by atomic mass is 10.0. The van der Waals surface area contributed by atoms with Crippen LogP contribution in [0.5, 0.6) is 0 Å². The van der Waals surface area contributed by atoms with Crippen molar-refractivity contribution >= 4 is 17.9 Å². The summed E-state index contributed by atoms with van der Waals surface area (Å²) >= 11 is 0. The zero-order valence-electron chi connectivity index (χ0n) is 38.8. The molecule has 0 saturated carbocycles. The van der Waals surface area contributed by atoms with E-state index in [9.17, 15) is 14.4 Å². The van der Waals surface area contributed by atoms with Crippen molar-refractivity contribution in [1.82, 2.24) is 0 Å². The van der Waals surface area contributed by atoms with Gasteiger partial charge in [-0.15, -0.1) is 0 Å². The molecular weight excluding hydrogens is 721 g/mol. The molecule has 0 aromatic heterocycles. The Bertz CT molecular complexity index is 942. The second-order valence-corrected chi connectivity index (χ2v) is 17.1. The predicted octanol–water partition coefficient (Wildman–Crippen LogP) is 16.4. The quantitative estimate of drug-likeness (QED) is 0.0263. The largest absolute Gasteiger partial charge is 0.462 e. The first-order valence-corrected chi connectivity index (χ1v) is 25.3. The fourth-order valence-electron chi connectivity index (χ4n) is 7.36. The number of rotatable bonds is 46. The van der Waals surface area contributed by atoms with Crippen molar-refractivity contribution in [2.75, 3.05) is 13.2 Å². The molecule has 0 radical (unpaired) electrons. The monoisotopic (exact) mass is 817 g/mol. The summed E-state index contributed by atoms with van der Waals surface area (Å²) in [5, 5.41) is 0.